The summed E-state index contributed by atoms with van der Waals surface area (Å²) in [6.07, 6.45) is 3.80. The SMILES string of the molecule is Nc1c(Br)cc(F)cc1C(CC1CCC1)C(=O)O. The van der Waals surface area contributed by atoms with Crippen LogP contribution in [0, 0.1) is 11.7 Å². The van der Waals surface area contributed by atoms with Crippen molar-refractivity contribution < 1.29 is 14.3 Å². The third kappa shape index (κ3) is 2.66. The molecule has 0 aromatic heterocycles. The summed E-state index contributed by atoms with van der Waals surface area (Å²) in [4.78, 5) is 11.4. The van der Waals surface area contributed by atoms with Gasteiger partial charge in [0.1, 0.15) is 5.82 Å². The minimum atomic E-state index is -0.939. The lowest BCUT2D eigenvalue weighted by Gasteiger charge is -2.28. The van der Waals surface area contributed by atoms with Crippen molar-refractivity contribution in [2.75, 3.05) is 5.73 Å². The molecular formula is C13H15BrFNO2. The van der Waals surface area contributed by atoms with Crippen LogP contribution in [-0.4, -0.2) is 11.1 Å². The van der Waals surface area contributed by atoms with Gasteiger partial charge < -0.3 is 10.8 Å². The number of anilines is 1. The van der Waals surface area contributed by atoms with Gasteiger partial charge >= 0.3 is 5.97 Å². The summed E-state index contributed by atoms with van der Waals surface area (Å²) in [6, 6.07) is 2.48. The molecule has 1 fully saturated rings. The van der Waals surface area contributed by atoms with Crippen molar-refractivity contribution in [2.24, 2.45) is 5.92 Å². The molecule has 1 saturated carbocycles. The number of halogens is 2. The number of carboxylic acid groups (broad SMARTS) is 1. The van der Waals surface area contributed by atoms with E-state index in [2.05, 4.69) is 15.9 Å². The van der Waals surface area contributed by atoms with Crippen molar-refractivity contribution in [2.45, 2.75) is 31.6 Å². The first-order chi connectivity index (χ1) is 8.49. The fraction of sp³-hybridized carbons (Fsp3) is 0.462. The highest BCUT2D eigenvalue weighted by Gasteiger charge is 2.29. The van der Waals surface area contributed by atoms with Gasteiger partial charge in [0.25, 0.3) is 0 Å². The number of carboxylic acids is 1. The second kappa shape index (κ2) is 5.26. The first-order valence-corrected chi connectivity index (χ1v) is 6.75. The van der Waals surface area contributed by atoms with Crippen LogP contribution in [0.15, 0.2) is 16.6 Å². The molecule has 0 radical (unpaired) electrons. The molecule has 18 heavy (non-hydrogen) atoms. The van der Waals surface area contributed by atoms with Crippen LogP contribution in [0.2, 0.25) is 0 Å². The lowest BCUT2D eigenvalue weighted by atomic mass is 9.77. The third-order valence-electron chi connectivity index (χ3n) is 3.59. The van der Waals surface area contributed by atoms with Crippen LogP contribution in [0.5, 0.6) is 0 Å². The Morgan fingerprint density at radius 2 is 2.22 bits per heavy atom. The summed E-state index contributed by atoms with van der Waals surface area (Å²) < 4.78 is 13.8. The van der Waals surface area contributed by atoms with Crippen molar-refractivity contribution >= 4 is 27.6 Å². The summed E-state index contributed by atoms with van der Waals surface area (Å²) in [5, 5.41) is 9.31. The number of aliphatic carboxylic acids is 1. The Morgan fingerprint density at radius 1 is 1.56 bits per heavy atom. The van der Waals surface area contributed by atoms with Gasteiger partial charge in [0.15, 0.2) is 0 Å². The molecule has 0 aliphatic heterocycles. The molecule has 3 nitrogen and oxygen atoms in total. The molecule has 1 aromatic carbocycles. The molecule has 0 bridgehead atoms. The summed E-state index contributed by atoms with van der Waals surface area (Å²) in [7, 11) is 0. The zero-order chi connectivity index (χ0) is 13.3. The number of benzene rings is 1. The van der Waals surface area contributed by atoms with Crippen LogP contribution in [0.1, 0.15) is 37.2 Å². The molecule has 0 heterocycles. The lowest BCUT2D eigenvalue weighted by Crippen LogP contribution is -2.21. The zero-order valence-corrected chi connectivity index (χ0v) is 11.4. The molecule has 1 unspecified atom stereocenters. The molecule has 0 amide bonds. The Labute approximate surface area is 113 Å². The van der Waals surface area contributed by atoms with Crippen molar-refractivity contribution in [3.63, 3.8) is 0 Å². The van der Waals surface area contributed by atoms with E-state index < -0.39 is 17.7 Å². The van der Waals surface area contributed by atoms with Crippen LogP contribution < -0.4 is 5.73 Å². The van der Waals surface area contributed by atoms with E-state index in [9.17, 15) is 14.3 Å². The Bertz CT molecular complexity index is 474. The molecule has 1 aliphatic carbocycles. The molecule has 0 spiro atoms. The summed E-state index contributed by atoms with van der Waals surface area (Å²) >= 11 is 3.15. The summed E-state index contributed by atoms with van der Waals surface area (Å²) in [5.41, 5.74) is 6.55. The van der Waals surface area contributed by atoms with E-state index in [0.29, 0.717) is 28.1 Å². The van der Waals surface area contributed by atoms with Gasteiger partial charge in [-0.3, -0.25) is 4.79 Å². The van der Waals surface area contributed by atoms with Crippen molar-refractivity contribution in [3.05, 3.63) is 28.0 Å². The first kappa shape index (κ1) is 13.3. The second-order valence-electron chi connectivity index (χ2n) is 4.81. The number of hydrogen-bond acceptors (Lipinski definition) is 2. The highest BCUT2D eigenvalue weighted by molar-refractivity contribution is 9.10. The number of nitrogen functional groups attached to an aromatic ring is 1. The predicted molar refractivity (Wildman–Crippen MR) is 70.8 cm³/mol. The highest BCUT2D eigenvalue weighted by Crippen LogP contribution is 2.39. The largest absolute Gasteiger partial charge is 0.481 e. The third-order valence-corrected chi connectivity index (χ3v) is 4.25. The molecule has 1 aliphatic rings. The second-order valence-corrected chi connectivity index (χ2v) is 5.67. The van der Waals surface area contributed by atoms with Gasteiger partial charge in [-0.2, -0.15) is 0 Å². The summed E-state index contributed by atoms with van der Waals surface area (Å²) in [5.74, 6) is -1.70. The molecule has 3 N–H and O–H groups in total. The fourth-order valence-electron chi connectivity index (χ4n) is 2.32. The average molecular weight is 316 g/mol. The van der Waals surface area contributed by atoms with Crippen LogP contribution in [0.25, 0.3) is 0 Å². The first-order valence-electron chi connectivity index (χ1n) is 5.96. The molecule has 98 valence electrons. The van der Waals surface area contributed by atoms with E-state index in [1.807, 2.05) is 0 Å². The number of rotatable bonds is 4. The Hall–Kier alpha value is -1.10. The Balaban J connectivity index is 2.32. The van der Waals surface area contributed by atoms with Crippen LogP contribution in [0.4, 0.5) is 10.1 Å². The quantitative estimate of drug-likeness (QED) is 0.835. The van der Waals surface area contributed by atoms with E-state index in [0.717, 1.165) is 19.3 Å². The van der Waals surface area contributed by atoms with Crippen LogP contribution >= 0.6 is 15.9 Å². The topological polar surface area (TPSA) is 63.3 Å². The zero-order valence-electron chi connectivity index (χ0n) is 9.83. The van der Waals surface area contributed by atoms with Gasteiger partial charge in [-0.05, 0) is 46.0 Å². The predicted octanol–water partition coefficient (Wildman–Crippen LogP) is 3.53. The maximum Gasteiger partial charge on any atom is 0.311 e. The molecule has 1 aromatic rings. The average Bonchev–Trinajstić information content (AvgIpc) is 2.22. The number of nitrogens with two attached hydrogens (primary N) is 1. The van der Waals surface area contributed by atoms with Gasteiger partial charge in [-0.15, -0.1) is 0 Å². The van der Waals surface area contributed by atoms with E-state index in [1.165, 1.54) is 12.1 Å². The maximum absolute atomic E-state index is 13.4. The smallest absolute Gasteiger partial charge is 0.311 e. The Morgan fingerprint density at radius 3 is 2.72 bits per heavy atom. The van der Waals surface area contributed by atoms with Crippen LogP contribution in [0.3, 0.4) is 0 Å². The Kier molecular flexibility index (Phi) is 3.90. The fourth-order valence-corrected chi connectivity index (χ4v) is 2.76. The standard InChI is InChI=1S/C13H15BrFNO2/c14-11-6-8(15)5-9(12(11)16)10(13(17)18)4-7-2-1-3-7/h5-7,10H,1-4,16H2,(H,17,18). The number of hydrogen-bond donors (Lipinski definition) is 2. The monoisotopic (exact) mass is 315 g/mol. The number of carbonyl (C=O) groups is 1. The van der Waals surface area contributed by atoms with Crippen molar-refractivity contribution in [1.82, 2.24) is 0 Å². The molecule has 0 saturated heterocycles. The lowest BCUT2D eigenvalue weighted by molar-refractivity contribution is -0.139. The van der Waals surface area contributed by atoms with Crippen LogP contribution in [-0.2, 0) is 4.79 Å². The highest BCUT2D eigenvalue weighted by atomic mass is 79.9. The molecular weight excluding hydrogens is 301 g/mol. The molecule has 1 atom stereocenters. The minimum Gasteiger partial charge on any atom is -0.481 e. The van der Waals surface area contributed by atoms with Gasteiger partial charge in [0, 0.05) is 4.47 Å². The van der Waals surface area contributed by atoms with E-state index >= 15 is 0 Å². The molecule has 5 heteroatoms. The van der Waals surface area contributed by atoms with E-state index in [4.69, 9.17) is 5.73 Å². The van der Waals surface area contributed by atoms with Gasteiger partial charge in [-0.1, -0.05) is 19.3 Å². The van der Waals surface area contributed by atoms with Gasteiger partial charge in [-0.25, -0.2) is 4.39 Å². The van der Waals surface area contributed by atoms with Gasteiger partial charge in [0.2, 0.25) is 0 Å². The van der Waals surface area contributed by atoms with Gasteiger partial charge in [0.05, 0.1) is 11.6 Å². The summed E-state index contributed by atoms with van der Waals surface area (Å²) in [6.45, 7) is 0. The van der Waals surface area contributed by atoms with Crippen molar-refractivity contribution in [3.8, 4) is 0 Å². The van der Waals surface area contributed by atoms with E-state index in [1.54, 1.807) is 0 Å². The van der Waals surface area contributed by atoms with Crippen molar-refractivity contribution in [1.29, 1.82) is 0 Å². The minimum absolute atomic E-state index is 0.322. The molecule has 2 rings (SSSR count). The van der Waals surface area contributed by atoms with E-state index in [-0.39, 0.29) is 0 Å². The maximum atomic E-state index is 13.4. The normalized spacial score (nSPS) is 17.2.